The number of hydrogen-bond acceptors (Lipinski definition) is 11. The van der Waals surface area contributed by atoms with Crippen LogP contribution in [0.1, 0.15) is 73.5 Å². The summed E-state index contributed by atoms with van der Waals surface area (Å²) in [5.74, 6) is -4.49. The van der Waals surface area contributed by atoms with Crippen LogP contribution in [0.15, 0.2) is 66.3 Å². The Hall–Kier alpha value is -5.06. The summed E-state index contributed by atoms with van der Waals surface area (Å²) < 4.78 is 65.5. The molecule has 0 radical (unpaired) electrons. The molecular weight excluding hydrogens is 741 g/mol. The number of rotatable bonds is 14. The van der Waals surface area contributed by atoms with Gasteiger partial charge < -0.3 is 39.4 Å². The minimum atomic E-state index is -4.68. The Morgan fingerprint density at radius 1 is 1.00 bits per heavy atom. The summed E-state index contributed by atoms with van der Waals surface area (Å²) in [5, 5.41) is 15.1. The number of halogens is 3. The first-order valence-electron chi connectivity index (χ1n) is 18.2. The molecule has 1 aliphatic heterocycles. The molecule has 0 aromatic heterocycles. The number of carbonyl (C=O) groups excluding carboxylic acids is 5. The Morgan fingerprint density at radius 2 is 1.71 bits per heavy atom. The summed E-state index contributed by atoms with van der Waals surface area (Å²) in [6.45, 7) is 3.01. The molecule has 1 heterocycles. The highest BCUT2D eigenvalue weighted by Gasteiger charge is 2.55. The zero-order chi connectivity index (χ0) is 40.7. The number of alkyl halides is 3. The van der Waals surface area contributed by atoms with Crippen LogP contribution in [0.25, 0.3) is 6.08 Å². The lowest BCUT2D eigenvalue weighted by Gasteiger charge is -2.30. The zero-order valence-corrected chi connectivity index (χ0v) is 31.2. The van der Waals surface area contributed by atoms with Crippen molar-refractivity contribution in [2.24, 2.45) is 0 Å². The average molecular weight is 787 g/mol. The van der Waals surface area contributed by atoms with Crippen molar-refractivity contribution in [1.29, 1.82) is 0 Å². The molecule has 3 N–H and O–H groups in total. The molecule has 56 heavy (non-hydrogen) atoms. The highest BCUT2D eigenvalue weighted by atomic mass is 19.4. The number of carbonyl (C=O) groups is 5. The molecule has 1 saturated heterocycles. The summed E-state index contributed by atoms with van der Waals surface area (Å²) in [5.41, 5.74) is 2.03. The molecule has 2 amide bonds. The second-order valence-electron chi connectivity index (χ2n) is 14.8. The summed E-state index contributed by atoms with van der Waals surface area (Å²) in [4.78, 5) is 63.4. The van der Waals surface area contributed by atoms with Gasteiger partial charge in [0, 0.05) is 50.3 Å². The highest BCUT2D eigenvalue weighted by Crippen LogP contribution is 2.45. The molecular formula is C40H45F3N2O11. The van der Waals surface area contributed by atoms with Gasteiger partial charge in [-0.15, -0.1) is 0 Å². The Bertz CT molecular complexity index is 1830. The van der Waals surface area contributed by atoms with Crippen molar-refractivity contribution >= 4 is 35.8 Å². The van der Waals surface area contributed by atoms with Gasteiger partial charge in [-0.1, -0.05) is 36.4 Å². The van der Waals surface area contributed by atoms with Crippen molar-refractivity contribution in [2.75, 3.05) is 19.8 Å². The van der Waals surface area contributed by atoms with Crippen molar-refractivity contribution < 1.29 is 65.9 Å². The minimum Gasteiger partial charge on any atom is -0.460 e. The van der Waals surface area contributed by atoms with Gasteiger partial charge in [0.25, 0.3) is 0 Å². The number of ether oxygens (including phenoxy) is 5. The smallest absolute Gasteiger partial charge is 0.422 e. The van der Waals surface area contributed by atoms with Crippen LogP contribution >= 0.6 is 0 Å². The van der Waals surface area contributed by atoms with Gasteiger partial charge in [0.2, 0.25) is 11.8 Å². The molecule has 5 rings (SSSR count). The fourth-order valence-electron chi connectivity index (χ4n) is 6.60. The topological polar surface area (TPSA) is 176 Å². The van der Waals surface area contributed by atoms with Crippen LogP contribution in [0.5, 0.6) is 0 Å². The molecule has 0 saturated carbocycles. The maximum atomic E-state index is 13.5. The molecule has 4 atom stereocenters. The number of nitrogens with one attached hydrogen (secondary N) is 2. The molecule has 2 aromatic rings. The molecule has 2 aromatic carbocycles. The van der Waals surface area contributed by atoms with E-state index in [9.17, 15) is 42.3 Å². The first-order chi connectivity index (χ1) is 26.4. The molecule has 302 valence electrons. The lowest BCUT2D eigenvalue weighted by molar-refractivity contribution is -0.182. The molecule has 1 fully saturated rings. The quantitative estimate of drug-likeness (QED) is 0.143. The van der Waals surface area contributed by atoms with Gasteiger partial charge in [0.05, 0.1) is 18.2 Å². The van der Waals surface area contributed by atoms with Gasteiger partial charge in [0.1, 0.15) is 23.9 Å². The van der Waals surface area contributed by atoms with Crippen LogP contribution in [0.3, 0.4) is 0 Å². The lowest BCUT2D eigenvalue weighted by Crippen LogP contribution is -2.44. The molecule has 13 nitrogen and oxygen atoms in total. The summed E-state index contributed by atoms with van der Waals surface area (Å²) >= 11 is 0. The predicted molar refractivity (Wildman–Crippen MR) is 192 cm³/mol. The zero-order valence-electron chi connectivity index (χ0n) is 31.2. The number of benzene rings is 2. The average Bonchev–Trinajstić information content (AvgIpc) is 3.68. The third-order valence-corrected chi connectivity index (χ3v) is 9.02. The number of amides is 2. The minimum absolute atomic E-state index is 0.00595. The summed E-state index contributed by atoms with van der Waals surface area (Å²) in [7, 11) is 0. The van der Waals surface area contributed by atoms with Crippen LogP contribution in [0.2, 0.25) is 0 Å². The van der Waals surface area contributed by atoms with Crippen molar-refractivity contribution in [1.82, 2.24) is 10.6 Å². The molecule has 0 unspecified atom stereocenters. The van der Waals surface area contributed by atoms with Gasteiger partial charge >= 0.3 is 24.1 Å². The second-order valence-corrected chi connectivity index (χ2v) is 14.8. The highest BCUT2D eigenvalue weighted by molar-refractivity contribution is 5.95. The Kier molecular flexibility index (Phi) is 13.4. The van der Waals surface area contributed by atoms with E-state index in [2.05, 4.69) is 15.4 Å². The van der Waals surface area contributed by atoms with Gasteiger partial charge in [-0.2, -0.15) is 13.2 Å². The SMILES string of the molecule is CC(C)(C)OC(=O)CC[C@@H](CO)NC(=O)CCNC(=O)C1=C[C@H]2OC3(Cc4ccccc4C3)O[C@H]2[C@H](OC(=O)c2cccc(C=CC(=O)OCC(F)(F)F)c2)C1. The monoisotopic (exact) mass is 786 g/mol. The van der Waals surface area contributed by atoms with Crippen molar-refractivity contribution in [3.8, 4) is 0 Å². The number of esters is 3. The van der Waals surface area contributed by atoms with E-state index in [4.69, 9.17) is 18.9 Å². The van der Waals surface area contributed by atoms with Gasteiger partial charge in [-0.25, -0.2) is 9.59 Å². The fraction of sp³-hybridized carbons (Fsp3) is 0.475. The van der Waals surface area contributed by atoms with Crippen LogP contribution < -0.4 is 10.6 Å². The third kappa shape index (κ3) is 12.0. The molecule has 3 aliphatic rings. The van der Waals surface area contributed by atoms with E-state index in [1.807, 2.05) is 24.3 Å². The standard InChI is InChI=1S/C40H45F3N2O11/c1-38(2,3)55-34(49)14-12-29(22-46)45-32(47)15-16-44-36(50)28-18-30(35-31(19-28)54-39(56-35)20-26-8-4-5-9-27(26)21-39)53-37(51)25-10-6-7-24(17-25)11-13-33(48)52-23-40(41,42)43/h4-11,13,17,19,29-31,35,46H,12,14-16,18,20-23H2,1-3H3,(H,44,50)(H,45,47)/t29-,30+,31+,35-/m0/s1. The number of hydrogen-bond donors (Lipinski definition) is 3. The second kappa shape index (κ2) is 17.8. The fourth-order valence-corrected chi connectivity index (χ4v) is 6.60. The summed E-state index contributed by atoms with van der Waals surface area (Å²) in [6, 6.07) is 12.9. The van der Waals surface area contributed by atoms with E-state index in [1.54, 1.807) is 26.8 Å². The number of aliphatic hydroxyl groups is 1. The first kappa shape index (κ1) is 42.1. The van der Waals surface area contributed by atoms with E-state index < -0.39 is 84.9 Å². The normalized spacial score (nSPS) is 20.4. The maximum absolute atomic E-state index is 13.5. The Labute approximate surface area is 321 Å². The predicted octanol–water partition coefficient (Wildman–Crippen LogP) is 4.05. The van der Waals surface area contributed by atoms with Crippen LogP contribution in [-0.2, 0) is 55.7 Å². The Morgan fingerprint density at radius 3 is 2.38 bits per heavy atom. The summed E-state index contributed by atoms with van der Waals surface area (Å²) in [6.07, 6.45) is -2.74. The Balaban J connectivity index is 1.22. The van der Waals surface area contributed by atoms with Gasteiger partial charge in [0.15, 0.2) is 12.4 Å². The number of fused-ring (bicyclic) bond motifs is 2. The molecule has 0 bridgehead atoms. The van der Waals surface area contributed by atoms with Crippen molar-refractivity contribution in [3.05, 3.63) is 88.5 Å². The van der Waals surface area contributed by atoms with E-state index in [0.29, 0.717) is 18.4 Å². The lowest BCUT2D eigenvalue weighted by atomic mass is 9.91. The molecule has 2 aliphatic carbocycles. The van der Waals surface area contributed by atoms with Crippen molar-refractivity contribution in [3.63, 3.8) is 0 Å². The van der Waals surface area contributed by atoms with E-state index in [-0.39, 0.29) is 43.4 Å². The van der Waals surface area contributed by atoms with Gasteiger partial charge in [-0.05, 0) is 68.2 Å². The molecule has 16 heteroatoms. The van der Waals surface area contributed by atoms with Crippen LogP contribution in [0.4, 0.5) is 13.2 Å². The third-order valence-electron chi connectivity index (χ3n) is 9.02. The largest absolute Gasteiger partial charge is 0.460 e. The van der Waals surface area contributed by atoms with Gasteiger partial charge in [-0.3, -0.25) is 14.4 Å². The molecule has 1 spiro atoms. The number of aliphatic hydroxyl groups excluding tert-OH is 1. The van der Waals surface area contributed by atoms with E-state index >= 15 is 0 Å². The first-order valence-corrected chi connectivity index (χ1v) is 18.2. The maximum Gasteiger partial charge on any atom is 0.422 e. The van der Waals surface area contributed by atoms with Crippen molar-refractivity contribution in [2.45, 2.75) is 101 Å². The van der Waals surface area contributed by atoms with Crippen LogP contribution in [0, 0.1) is 0 Å². The van der Waals surface area contributed by atoms with Crippen LogP contribution in [-0.4, -0.2) is 96.5 Å². The van der Waals surface area contributed by atoms with E-state index in [0.717, 1.165) is 17.2 Å². The van der Waals surface area contributed by atoms with E-state index in [1.165, 1.54) is 30.3 Å².